The summed E-state index contributed by atoms with van der Waals surface area (Å²) in [6.07, 6.45) is 0. The van der Waals surface area contributed by atoms with Gasteiger partial charge in [0.1, 0.15) is 0 Å². The van der Waals surface area contributed by atoms with E-state index in [4.69, 9.17) is 9.26 Å². The van der Waals surface area contributed by atoms with E-state index in [1.54, 1.807) is 66.7 Å². The molecular weight excluding hydrogens is 384 g/mol. The molecule has 0 aliphatic rings. The number of aromatic nitrogens is 1. The second-order valence-electron chi connectivity index (χ2n) is 7.89. The molecule has 0 fully saturated rings. The van der Waals surface area contributed by atoms with Crippen LogP contribution in [0.3, 0.4) is 0 Å². The van der Waals surface area contributed by atoms with Gasteiger partial charge >= 0.3 is 5.97 Å². The third kappa shape index (κ3) is 4.58. The van der Waals surface area contributed by atoms with Crippen LogP contribution in [0.2, 0.25) is 0 Å². The Kier molecular flexibility index (Phi) is 6.03. The molecule has 0 spiro atoms. The normalized spacial score (nSPS) is 11.7. The van der Waals surface area contributed by atoms with Gasteiger partial charge in [-0.3, -0.25) is 10.1 Å². The zero-order chi connectivity index (χ0) is 21.8. The van der Waals surface area contributed by atoms with E-state index in [1.807, 2.05) is 20.8 Å². The number of benzene rings is 2. The summed E-state index contributed by atoms with van der Waals surface area (Å²) in [6, 6.07) is 18.5. The smallest absolute Gasteiger partial charge is 0.348 e. The van der Waals surface area contributed by atoms with Crippen molar-refractivity contribution in [3.05, 3.63) is 83.6 Å². The van der Waals surface area contributed by atoms with Crippen LogP contribution in [0.15, 0.2) is 71.3 Å². The highest BCUT2D eigenvalue weighted by Crippen LogP contribution is 2.31. The summed E-state index contributed by atoms with van der Waals surface area (Å²) < 4.78 is 10.3. The van der Waals surface area contributed by atoms with Gasteiger partial charge < -0.3 is 14.4 Å². The number of carbonyl (C=O) groups excluding carboxylic acids is 2. The molecule has 0 aliphatic carbocycles. The van der Waals surface area contributed by atoms with Crippen molar-refractivity contribution < 1.29 is 24.0 Å². The molecule has 3 aromatic rings. The molecule has 0 aliphatic heterocycles. The number of amides is 1. The maximum Gasteiger partial charge on any atom is 0.348 e. The largest absolute Gasteiger partial charge is 0.453 e. The van der Waals surface area contributed by atoms with E-state index in [0.29, 0.717) is 16.8 Å². The zero-order valence-corrected chi connectivity index (χ0v) is 17.1. The first kappa shape index (κ1) is 21.3. The lowest BCUT2D eigenvalue weighted by molar-refractivity contribution is -0.164. The van der Waals surface area contributed by atoms with Gasteiger partial charge in [-0.05, 0) is 11.1 Å². The van der Waals surface area contributed by atoms with Gasteiger partial charge in [-0.1, -0.05) is 86.6 Å². The molecule has 30 heavy (non-hydrogen) atoms. The highest BCUT2D eigenvalue weighted by Gasteiger charge is 2.41. The van der Waals surface area contributed by atoms with Crippen LogP contribution in [0, 0.1) is 0 Å². The number of hydrogen-bond donors (Lipinski definition) is 2. The fraction of sp³-hybridized carbons (Fsp3) is 0.261. The minimum absolute atomic E-state index is 0.155. The lowest BCUT2D eigenvalue weighted by Crippen LogP contribution is -2.39. The number of aliphatic hydroxyl groups is 1. The summed E-state index contributed by atoms with van der Waals surface area (Å²) in [5.41, 5.74) is -0.925. The van der Waals surface area contributed by atoms with Gasteiger partial charge in [0.15, 0.2) is 6.61 Å². The lowest BCUT2D eigenvalue weighted by atomic mass is 9.86. The van der Waals surface area contributed by atoms with E-state index in [1.165, 1.54) is 0 Å². The molecule has 1 heterocycles. The first-order valence-corrected chi connectivity index (χ1v) is 9.49. The first-order chi connectivity index (χ1) is 14.2. The lowest BCUT2D eigenvalue weighted by Gasteiger charge is -2.26. The minimum atomic E-state index is -2.05. The molecule has 0 bridgehead atoms. The number of rotatable bonds is 6. The number of esters is 1. The van der Waals surface area contributed by atoms with Crippen LogP contribution < -0.4 is 5.32 Å². The zero-order valence-electron chi connectivity index (χ0n) is 17.1. The van der Waals surface area contributed by atoms with Crippen molar-refractivity contribution in [3.63, 3.8) is 0 Å². The van der Waals surface area contributed by atoms with Crippen molar-refractivity contribution in [3.8, 4) is 0 Å². The fourth-order valence-corrected chi connectivity index (χ4v) is 2.86. The number of nitrogens with zero attached hydrogens (tertiary/aromatic N) is 1. The Morgan fingerprint density at radius 1 is 1.00 bits per heavy atom. The Morgan fingerprint density at radius 2 is 1.53 bits per heavy atom. The molecular formula is C23H24N2O5. The number of ether oxygens (including phenoxy) is 1. The first-order valence-electron chi connectivity index (χ1n) is 9.49. The van der Waals surface area contributed by atoms with E-state index in [0.717, 1.165) is 0 Å². The molecule has 156 valence electrons. The van der Waals surface area contributed by atoms with Crippen LogP contribution >= 0.6 is 0 Å². The third-order valence-corrected chi connectivity index (χ3v) is 4.55. The molecule has 3 rings (SSSR count). The second-order valence-corrected chi connectivity index (χ2v) is 7.89. The van der Waals surface area contributed by atoms with Crippen LogP contribution in [0.5, 0.6) is 0 Å². The SMILES string of the molecule is CC(C)(C)c1cc(NC(=O)COC(=O)C(O)(c2ccccc2)c2ccccc2)on1. The maximum absolute atomic E-state index is 12.9. The van der Waals surface area contributed by atoms with E-state index in [2.05, 4.69) is 10.5 Å². The Labute approximate surface area is 174 Å². The molecule has 0 unspecified atom stereocenters. The topological polar surface area (TPSA) is 102 Å². The van der Waals surface area contributed by atoms with Crippen LogP contribution in [0.25, 0.3) is 0 Å². The van der Waals surface area contributed by atoms with Crippen molar-refractivity contribution in [1.82, 2.24) is 5.16 Å². The van der Waals surface area contributed by atoms with Crippen molar-refractivity contribution >= 4 is 17.8 Å². The Hall–Kier alpha value is -3.45. The maximum atomic E-state index is 12.9. The van der Waals surface area contributed by atoms with Crippen molar-refractivity contribution in [1.29, 1.82) is 0 Å². The summed E-state index contributed by atoms with van der Waals surface area (Å²) in [5.74, 6) is -1.41. The average molecular weight is 408 g/mol. The Balaban J connectivity index is 1.72. The van der Waals surface area contributed by atoms with Crippen molar-refractivity contribution in [2.75, 3.05) is 11.9 Å². The van der Waals surface area contributed by atoms with Crippen LogP contribution in [-0.2, 0) is 25.3 Å². The number of nitrogens with one attached hydrogen (secondary N) is 1. The summed E-state index contributed by atoms with van der Waals surface area (Å²) >= 11 is 0. The highest BCUT2D eigenvalue weighted by molar-refractivity contribution is 5.93. The van der Waals surface area contributed by atoms with Gasteiger partial charge in [0.25, 0.3) is 5.91 Å². The number of anilines is 1. The highest BCUT2D eigenvalue weighted by atomic mass is 16.6. The van der Waals surface area contributed by atoms with E-state index in [-0.39, 0.29) is 11.3 Å². The van der Waals surface area contributed by atoms with Gasteiger partial charge in [0.2, 0.25) is 11.5 Å². The van der Waals surface area contributed by atoms with Crippen LogP contribution in [0.4, 0.5) is 5.88 Å². The summed E-state index contributed by atoms with van der Waals surface area (Å²) in [5, 5.41) is 17.7. The molecule has 0 atom stereocenters. The Bertz CT molecular complexity index is 967. The van der Waals surface area contributed by atoms with E-state index < -0.39 is 24.1 Å². The van der Waals surface area contributed by atoms with Gasteiger partial charge in [-0.15, -0.1) is 0 Å². The molecule has 7 heteroatoms. The van der Waals surface area contributed by atoms with Gasteiger partial charge in [0, 0.05) is 11.5 Å². The summed E-state index contributed by atoms with van der Waals surface area (Å²) in [4.78, 5) is 25.1. The van der Waals surface area contributed by atoms with Gasteiger partial charge in [0.05, 0.1) is 5.69 Å². The standard InChI is InChI=1S/C23H24N2O5/c1-22(2,3)18-14-20(30-25-18)24-19(26)15-29-21(27)23(28,16-10-6-4-7-11-16)17-12-8-5-9-13-17/h4-14,28H,15H2,1-3H3,(H,24,26). The summed E-state index contributed by atoms with van der Waals surface area (Å²) in [7, 11) is 0. The van der Waals surface area contributed by atoms with Gasteiger partial charge in [-0.25, -0.2) is 4.79 Å². The molecule has 1 amide bonds. The molecule has 0 saturated carbocycles. The Morgan fingerprint density at radius 3 is 2.00 bits per heavy atom. The number of carbonyl (C=O) groups is 2. The predicted octanol–water partition coefficient (Wildman–Crippen LogP) is 3.39. The predicted molar refractivity (Wildman–Crippen MR) is 111 cm³/mol. The quantitative estimate of drug-likeness (QED) is 0.606. The molecule has 7 nitrogen and oxygen atoms in total. The molecule has 0 saturated heterocycles. The molecule has 1 aromatic heterocycles. The molecule has 0 radical (unpaired) electrons. The fourth-order valence-electron chi connectivity index (χ4n) is 2.86. The van der Waals surface area contributed by atoms with E-state index in [9.17, 15) is 14.7 Å². The van der Waals surface area contributed by atoms with Crippen molar-refractivity contribution in [2.45, 2.75) is 31.8 Å². The average Bonchev–Trinajstić information content (AvgIpc) is 3.21. The molecule has 2 aromatic carbocycles. The van der Waals surface area contributed by atoms with Crippen LogP contribution in [-0.4, -0.2) is 28.7 Å². The van der Waals surface area contributed by atoms with Crippen molar-refractivity contribution in [2.24, 2.45) is 0 Å². The summed E-state index contributed by atoms with van der Waals surface area (Å²) in [6.45, 7) is 5.30. The minimum Gasteiger partial charge on any atom is -0.453 e. The second kappa shape index (κ2) is 8.51. The third-order valence-electron chi connectivity index (χ3n) is 4.55. The van der Waals surface area contributed by atoms with E-state index >= 15 is 0 Å². The monoisotopic (exact) mass is 408 g/mol. The van der Waals surface area contributed by atoms with Gasteiger partial charge in [-0.2, -0.15) is 0 Å². The number of hydrogen-bond acceptors (Lipinski definition) is 6. The van der Waals surface area contributed by atoms with Crippen LogP contribution in [0.1, 0.15) is 37.6 Å². The molecule has 2 N–H and O–H groups in total.